The van der Waals surface area contributed by atoms with Crippen LogP contribution < -0.4 is 9.80 Å². The summed E-state index contributed by atoms with van der Waals surface area (Å²) < 4.78 is 2.37. The van der Waals surface area contributed by atoms with Crippen LogP contribution in [0.5, 0.6) is 0 Å². The summed E-state index contributed by atoms with van der Waals surface area (Å²) in [7, 11) is 2.21. The molecular weight excluding hydrogens is 787 g/mol. The van der Waals surface area contributed by atoms with Gasteiger partial charge in [-0.1, -0.05) is 170 Å². The van der Waals surface area contributed by atoms with Gasteiger partial charge in [0.15, 0.2) is 0 Å². The molecule has 0 radical (unpaired) electrons. The van der Waals surface area contributed by atoms with E-state index in [1.807, 2.05) is 0 Å². The Balaban J connectivity index is 1.08. The number of anilines is 6. The van der Waals surface area contributed by atoms with E-state index in [4.69, 9.17) is 0 Å². The van der Waals surface area contributed by atoms with E-state index < -0.39 is 5.41 Å². The summed E-state index contributed by atoms with van der Waals surface area (Å²) in [6, 6.07) is 89.4. The van der Waals surface area contributed by atoms with Gasteiger partial charge in [-0.25, -0.2) is 0 Å². The van der Waals surface area contributed by atoms with Crippen LogP contribution >= 0.6 is 0 Å². The van der Waals surface area contributed by atoms with Crippen molar-refractivity contribution in [2.75, 3.05) is 9.80 Å². The van der Waals surface area contributed by atoms with E-state index in [9.17, 15) is 0 Å². The van der Waals surface area contributed by atoms with Gasteiger partial charge >= 0.3 is 0 Å². The molecule has 13 rings (SSSR count). The summed E-state index contributed by atoms with van der Waals surface area (Å²) in [5.41, 5.74) is 21.3. The zero-order valence-corrected chi connectivity index (χ0v) is 35.9. The number of benzene rings is 10. The van der Waals surface area contributed by atoms with E-state index in [1.54, 1.807) is 0 Å². The lowest BCUT2D eigenvalue weighted by molar-refractivity contribution is 0.793. The molecule has 306 valence electrons. The fourth-order valence-electron chi connectivity index (χ4n) is 11.3. The minimum absolute atomic E-state index is 0.572. The number of aryl methyl sites for hydroxylation is 1. The third-order valence-corrected chi connectivity index (χ3v) is 14.0. The summed E-state index contributed by atoms with van der Waals surface area (Å²) in [4.78, 5) is 4.87. The molecule has 0 aliphatic heterocycles. The van der Waals surface area contributed by atoms with Gasteiger partial charge in [0.1, 0.15) is 0 Å². The summed E-state index contributed by atoms with van der Waals surface area (Å²) in [6.45, 7) is 0. The van der Waals surface area contributed by atoms with Gasteiger partial charge in [0.2, 0.25) is 0 Å². The smallest absolute Gasteiger partial charge is 0.0733 e. The minimum Gasteiger partial charge on any atom is -0.342 e. The number of hydrogen-bond donors (Lipinski definition) is 0. The normalized spacial score (nSPS) is 14.3. The van der Waals surface area contributed by atoms with E-state index in [0.717, 1.165) is 34.1 Å². The summed E-state index contributed by atoms with van der Waals surface area (Å²) in [5, 5.41) is 2.49. The molecule has 0 N–H and O–H groups in total. The standard InChI is InChI=1S/C62H43N3/c1-63-59-30-16-13-26-53(59)54-27-17-31-60(61(54)63)65(46-34-32-43(33-35-46)42-18-5-2-6-19-42)48-37-39-52-50-25-12-15-29-56(50)62(58(52)41-48)55-28-14-11-24-49(55)51-38-36-47(40-57(51)62)64(44-20-7-3-8-21-44)45-22-9-4-10-23-45/h2-41H,1H3. The molecule has 1 aromatic heterocycles. The maximum absolute atomic E-state index is 2.51. The molecule has 2 aliphatic carbocycles. The second kappa shape index (κ2) is 14.6. The van der Waals surface area contributed by atoms with Gasteiger partial charge in [-0.05, 0) is 128 Å². The Kier molecular flexibility index (Phi) is 8.34. The molecule has 0 fully saturated rings. The Labute approximate surface area is 379 Å². The molecule has 0 saturated carbocycles. The lowest BCUT2D eigenvalue weighted by atomic mass is 9.70. The van der Waals surface area contributed by atoms with Crippen LogP contribution in [0.1, 0.15) is 22.3 Å². The average Bonchev–Trinajstić information content (AvgIpc) is 3.96. The monoisotopic (exact) mass is 829 g/mol. The lowest BCUT2D eigenvalue weighted by Gasteiger charge is -2.33. The van der Waals surface area contributed by atoms with E-state index >= 15 is 0 Å². The number of nitrogens with zero attached hydrogens (tertiary/aromatic N) is 3. The quantitative estimate of drug-likeness (QED) is 0.159. The molecule has 1 spiro atoms. The first-order valence-electron chi connectivity index (χ1n) is 22.5. The Hall–Kier alpha value is -8.40. The van der Waals surface area contributed by atoms with Gasteiger partial charge in [-0.3, -0.25) is 0 Å². The molecule has 0 saturated heterocycles. The van der Waals surface area contributed by atoms with Crippen molar-refractivity contribution in [3.05, 3.63) is 265 Å². The largest absolute Gasteiger partial charge is 0.342 e. The predicted octanol–water partition coefficient (Wildman–Crippen LogP) is 16.3. The van der Waals surface area contributed by atoms with Crippen LogP contribution in [0.4, 0.5) is 34.1 Å². The van der Waals surface area contributed by atoms with Crippen LogP contribution in [0.3, 0.4) is 0 Å². The van der Waals surface area contributed by atoms with Gasteiger partial charge in [0, 0.05) is 51.8 Å². The fourth-order valence-corrected chi connectivity index (χ4v) is 11.3. The Morgan fingerprint density at radius 1 is 0.323 bits per heavy atom. The topological polar surface area (TPSA) is 11.4 Å². The van der Waals surface area contributed by atoms with E-state index in [-0.39, 0.29) is 0 Å². The zero-order valence-electron chi connectivity index (χ0n) is 35.9. The highest BCUT2D eigenvalue weighted by molar-refractivity contribution is 6.13. The predicted molar refractivity (Wildman–Crippen MR) is 272 cm³/mol. The first-order chi connectivity index (χ1) is 32.2. The molecule has 10 aromatic carbocycles. The van der Waals surface area contributed by atoms with E-state index in [0.29, 0.717) is 0 Å². The molecule has 1 heterocycles. The number of hydrogen-bond acceptors (Lipinski definition) is 2. The Morgan fingerprint density at radius 3 is 1.38 bits per heavy atom. The van der Waals surface area contributed by atoms with Crippen molar-refractivity contribution in [3.63, 3.8) is 0 Å². The van der Waals surface area contributed by atoms with Crippen LogP contribution in [0, 0.1) is 0 Å². The number of para-hydroxylation sites is 4. The summed E-state index contributed by atoms with van der Waals surface area (Å²) in [5.74, 6) is 0. The van der Waals surface area contributed by atoms with Crippen molar-refractivity contribution < 1.29 is 0 Å². The van der Waals surface area contributed by atoms with Crippen LogP contribution in [0.15, 0.2) is 243 Å². The van der Waals surface area contributed by atoms with Crippen molar-refractivity contribution in [2.24, 2.45) is 7.05 Å². The van der Waals surface area contributed by atoms with Crippen LogP contribution in [-0.2, 0) is 12.5 Å². The number of rotatable bonds is 7. The highest BCUT2D eigenvalue weighted by Crippen LogP contribution is 2.64. The van der Waals surface area contributed by atoms with E-state index in [1.165, 1.54) is 77.4 Å². The zero-order chi connectivity index (χ0) is 43.1. The third kappa shape index (κ3) is 5.49. The van der Waals surface area contributed by atoms with Crippen molar-refractivity contribution in [3.8, 4) is 33.4 Å². The summed E-state index contributed by atoms with van der Waals surface area (Å²) >= 11 is 0. The molecule has 3 heteroatoms. The first kappa shape index (κ1) is 37.2. The number of aromatic nitrogens is 1. The van der Waals surface area contributed by atoms with Gasteiger partial charge in [-0.15, -0.1) is 0 Å². The molecular formula is C62H43N3. The maximum Gasteiger partial charge on any atom is 0.0733 e. The maximum atomic E-state index is 2.51. The van der Waals surface area contributed by atoms with E-state index in [2.05, 4.69) is 264 Å². The molecule has 65 heavy (non-hydrogen) atoms. The molecule has 2 aliphatic rings. The molecule has 0 amide bonds. The van der Waals surface area contributed by atoms with Crippen LogP contribution in [0.2, 0.25) is 0 Å². The molecule has 1 unspecified atom stereocenters. The van der Waals surface area contributed by atoms with Crippen molar-refractivity contribution in [2.45, 2.75) is 5.41 Å². The van der Waals surface area contributed by atoms with Gasteiger partial charge in [0.25, 0.3) is 0 Å². The Bertz CT molecular complexity index is 3560. The fraction of sp³-hybridized carbons (Fsp3) is 0.0323. The lowest BCUT2D eigenvalue weighted by Crippen LogP contribution is -2.26. The number of fused-ring (bicyclic) bond motifs is 13. The Morgan fingerprint density at radius 2 is 0.769 bits per heavy atom. The molecule has 3 nitrogen and oxygen atoms in total. The SMILES string of the molecule is Cn1c2ccccc2c2cccc(N(c3ccc(-c4ccccc4)cc3)c3ccc4c(c3)C3(c5ccccc5-c5ccc(N(c6ccccc6)c6ccccc6)cc53)c3ccccc3-4)c21. The van der Waals surface area contributed by atoms with Crippen molar-refractivity contribution in [1.82, 2.24) is 4.57 Å². The average molecular weight is 830 g/mol. The van der Waals surface area contributed by atoms with Crippen molar-refractivity contribution >= 4 is 55.9 Å². The van der Waals surface area contributed by atoms with Crippen LogP contribution in [0.25, 0.3) is 55.2 Å². The van der Waals surface area contributed by atoms with Crippen molar-refractivity contribution in [1.29, 1.82) is 0 Å². The first-order valence-corrected chi connectivity index (χ1v) is 22.5. The minimum atomic E-state index is -0.572. The third-order valence-electron chi connectivity index (χ3n) is 14.0. The molecule has 1 atom stereocenters. The highest BCUT2D eigenvalue weighted by atomic mass is 15.2. The second-order valence-electron chi connectivity index (χ2n) is 17.3. The molecule has 11 aromatic rings. The van der Waals surface area contributed by atoms with Gasteiger partial charge in [0.05, 0.1) is 16.6 Å². The molecule has 0 bridgehead atoms. The second-order valence-corrected chi connectivity index (χ2v) is 17.3. The highest BCUT2D eigenvalue weighted by Gasteiger charge is 2.52. The summed E-state index contributed by atoms with van der Waals surface area (Å²) in [6.07, 6.45) is 0. The van der Waals surface area contributed by atoms with Crippen LogP contribution in [-0.4, -0.2) is 4.57 Å². The van der Waals surface area contributed by atoms with Gasteiger partial charge < -0.3 is 14.4 Å². The van der Waals surface area contributed by atoms with Gasteiger partial charge in [-0.2, -0.15) is 0 Å².